The van der Waals surface area contributed by atoms with Gasteiger partial charge in [0.2, 0.25) is 0 Å². The maximum Gasteiger partial charge on any atom is 0.326 e. The molecule has 2 amide bonds. The second-order valence-corrected chi connectivity index (χ2v) is 6.48. The van der Waals surface area contributed by atoms with Crippen molar-refractivity contribution in [1.82, 2.24) is 9.38 Å². The van der Waals surface area contributed by atoms with Gasteiger partial charge in [-0.3, -0.25) is 4.90 Å². The summed E-state index contributed by atoms with van der Waals surface area (Å²) >= 11 is 6.03. The van der Waals surface area contributed by atoms with E-state index in [0.29, 0.717) is 17.3 Å². The van der Waals surface area contributed by atoms with Crippen LogP contribution in [-0.2, 0) is 6.54 Å². The van der Waals surface area contributed by atoms with Crippen LogP contribution in [0.3, 0.4) is 0 Å². The molecule has 0 atom stereocenters. The fourth-order valence-corrected chi connectivity index (χ4v) is 3.10. The van der Waals surface area contributed by atoms with E-state index >= 15 is 0 Å². The number of fused-ring (bicyclic) bond motifs is 1. The van der Waals surface area contributed by atoms with Gasteiger partial charge in [0.15, 0.2) is 0 Å². The van der Waals surface area contributed by atoms with E-state index in [2.05, 4.69) is 10.3 Å². The van der Waals surface area contributed by atoms with Gasteiger partial charge in [-0.2, -0.15) is 0 Å². The van der Waals surface area contributed by atoms with Gasteiger partial charge in [-0.15, -0.1) is 0 Å². The molecule has 2 heterocycles. The maximum atomic E-state index is 13.0. The number of benzene rings is 2. The molecular formula is C21H17ClN4O. The van der Waals surface area contributed by atoms with E-state index in [1.165, 1.54) is 0 Å². The molecule has 0 spiro atoms. The van der Waals surface area contributed by atoms with Gasteiger partial charge in [0.1, 0.15) is 5.65 Å². The van der Waals surface area contributed by atoms with E-state index in [4.69, 9.17) is 11.6 Å². The molecule has 0 aliphatic rings. The number of carbonyl (C=O) groups excluding carboxylic acids is 1. The molecule has 0 bridgehead atoms. The third-order valence-electron chi connectivity index (χ3n) is 4.20. The van der Waals surface area contributed by atoms with Gasteiger partial charge in [-0.25, -0.2) is 9.78 Å². The Bertz CT molecular complexity index is 1080. The van der Waals surface area contributed by atoms with Crippen molar-refractivity contribution in [2.24, 2.45) is 0 Å². The number of amides is 2. The predicted molar refractivity (Wildman–Crippen MR) is 108 cm³/mol. The van der Waals surface area contributed by atoms with Gasteiger partial charge in [-0.1, -0.05) is 41.9 Å². The first kappa shape index (κ1) is 17.1. The van der Waals surface area contributed by atoms with Crippen LogP contribution in [0.4, 0.5) is 16.2 Å². The Labute approximate surface area is 161 Å². The number of halogens is 1. The highest BCUT2D eigenvalue weighted by Gasteiger charge is 2.18. The van der Waals surface area contributed by atoms with Crippen molar-refractivity contribution in [3.05, 3.63) is 95.9 Å². The molecule has 2 aromatic carbocycles. The zero-order valence-electron chi connectivity index (χ0n) is 14.4. The van der Waals surface area contributed by atoms with Crippen molar-refractivity contribution >= 4 is 34.7 Å². The molecule has 2 aromatic heterocycles. The molecule has 4 aromatic rings. The Morgan fingerprint density at radius 2 is 1.85 bits per heavy atom. The predicted octanol–water partition coefficient (Wildman–Crippen LogP) is 5.23. The number of hydrogen-bond acceptors (Lipinski definition) is 2. The van der Waals surface area contributed by atoms with Crippen molar-refractivity contribution in [1.29, 1.82) is 0 Å². The zero-order chi connectivity index (χ0) is 18.6. The first-order valence-electron chi connectivity index (χ1n) is 8.51. The summed E-state index contributed by atoms with van der Waals surface area (Å²) in [4.78, 5) is 19.1. The van der Waals surface area contributed by atoms with E-state index < -0.39 is 0 Å². The first-order valence-corrected chi connectivity index (χ1v) is 8.88. The first-order chi connectivity index (χ1) is 13.2. The summed E-state index contributed by atoms with van der Waals surface area (Å²) in [6.07, 6.45) is 3.73. The average Bonchev–Trinajstić information content (AvgIpc) is 3.10. The number of nitrogens with zero attached hydrogens (tertiary/aromatic N) is 3. The summed E-state index contributed by atoms with van der Waals surface area (Å²) in [5.41, 5.74) is 3.20. The van der Waals surface area contributed by atoms with Gasteiger partial charge in [-0.05, 0) is 42.5 Å². The minimum Gasteiger partial charge on any atom is -0.307 e. The van der Waals surface area contributed by atoms with Crippen LogP contribution in [0.1, 0.15) is 5.69 Å². The lowest BCUT2D eigenvalue weighted by atomic mass is 10.2. The third kappa shape index (κ3) is 3.78. The van der Waals surface area contributed by atoms with E-state index in [1.54, 1.807) is 35.4 Å². The number of rotatable bonds is 4. The highest BCUT2D eigenvalue weighted by atomic mass is 35.5. The Hall–Kier alpha value is -3.31. The van der Waals surface area contributed by atoms with Crippen molar-refractivity contribution in [3.8, 4) is 0 Å². The van der Waals surface area contributed by atoms with Gasteiger partial charge in [0, 0.05) is 22.6 Å². The Kier molecular flexibility index (Phi) is 4.77. The molecule has 6 heteroatoms. The van der Waals surface area contributed by atoms with E-state index in [-0.39, 0.29) is 6.03 Å². The number of anilines is 2. The lowest BCUT2D eigenvalue weighted by Crippen LogP contribution is -2.34. The number of urea groups is 1. The maximum absolute atomic E-state index is 13.0. The lowest BCUT2D eigenvalue weighted by Gasteiger charge is -2.23. The number of hydrogen-bond donors (Lipinski definition) is 1. The molecule has 0 saturated carbocycles. The second kappa shape index (κ2) is 7.51. The summed E-state index contributed by atoms with van der Waals surface area (Å²) in [6, 6.07) is 22.2. The van der Waals surface area contributed by atoms with Crippen LogP contribution in [0.25, 0.3) is 5.65 Å². The Morgan fingerprint density at radius 3 is 2.67 bits per heavy atom. The molecule has 0 aliphatic carbocycles. The second-order valence-electron chi connectivity index (χ2n) is 6.04. The summed E-state index contributed by atoms with van der Waals surface area (Å²) in [7, 11) is 0. The Morgan fingerprint density at radius 1 is 1.04 bits per heavy atom. The van der Waals surface area contributed by atoms with E-state index in [0.717, 1.165) is 17.0 Å². The topological polar surface area (TPSA) is 49.6 Å². The van der Waals surface area contributed by atoms with Crippen LogP contribution in [0.5, 0.6) is 0 Å². The Balaban J connectivity index is 1.66. The molecule has 134 valence electrons. The van der Waals surface area contributed by atoms with Crippen LogP contribution in [0.15, 0.2) is 85.2 Å². The molecule has 0 fully saturated rings. The van der Waals surface area contributed by atoms with Crippen LogP contribution < -0.4 is 10.2 Å². The van der Waals surface area contributed by atoms with Crippen molar-refractivity contribution in [2.75, 3.05) is 10.2 Å². The SMILES string of the molecule is O=C(Nc1cccc(Cl)c1)N(Cc1cnc2ccccn12)c1ccccc1. The summed E-state index contributed by atoms with van der Waals surface area (Å²) in [5.74, 6) is 0. The normalized spacial score (nSPS) is 10.7. The highest BCUT2D eigenvalue weighted by Crippen LogP contribution is 2.21. The van der Waals surface area contributed by atoms with Gasteiger partial charge in [0.25, 0.3) is 0 Å². The standard InChI is InChI=1S/C21H17ClN4O/c22-16-7-6-8-17(13-16)24-21(27)26(18-9-2-1-3-10-18)15-19-14-23-20-11-4-5-12-25(19)20/h1-14H,15H2,(H,24,27). The van der Waals surface area contributed by atoms with Gasteiger partial charge >= 0.3 is 6.03 Å². The molecule has 0 radical (unpaired) electrons. The van der Waals surface area contributed by atoms with Gasteiger partial charge in [0.05, 0.1) is 18.4 Å². The lowest BCUT2D eigenvalue weighted by molar-refractivity contribution is 0.256. The monoisotopic (exact) mass is 376 g/mol. The zero-order valence-corrected chi connectivity index (χ0v) is 15.2. The number of carbonyl (C=O) groups is 1. The number of imidazole rings is 1. The molecule has 0 saturated heterocycles. The number of para-hydroxylation sites is 1. The minimum absolute atomic E-state index is 0.241. The highest BCUT2D eigenvalue weighted by molar-refractivity contribution is 6.30. The van der Waals surface area contributed by atoms with Crippen LogP contribution in [-0.4, -0.2) is 15.4 Å². The molecule has 5 nitrogen and oxygen atoms in total. The molecule has 0 unspecified atom stereocenters. The minimum atomic E-state index is -0.241. The van der Waals surface area contributed by atoms with Crippen LogP contribution >= 0.6 is 11.6 Å². The molecular weight excluding hydrogens is 360 g/mol. The summed E-state index contributed by atoms with van der Waals surface area (Å²) in [6.45, 7) is 0.377. The molecule has 4 rings (SSSR count). The van der Waals surface area contributed by atoms with Crippen molar-refractivity contribution in [3.63, 3.8) is 0 Å². The number of aromatic nitrogens is 2. The third-order valence-corrected chi connectivity index (χ3v) is 4.44. The smallest absolute Gasteiger partial charge is 0.307 e. The molecule has 0 aliphatic heterocycles. The number of nitrogens with one attached hydrogen (secondary N) is 1. The largest absolute Gasteiger partial charge is 0.326 e. The summed E-state index contributed by atoms with van der Waals surface area (Å²) in [5, 5.41) is 3.48. The molecule has 27 heavy (non-hydrogen) atoms. The fraction of sp³-hybridized carbons (Fsp3) is 0.0476. The van der Waals surface area contributed by atoms with Crippen LogP contribution in [0, 0.1) is 0 Å². The summed E-state index contributed by atoms with van der Waals surface area (Å²) < 4.78 is 1.97. The van der Waals surface area contributed by atoms with E-state index in [9.17, 15) is 4.79 Å². The van der Waals surface area contributed by atoms with Crippen molar-refractivity contribution in [2.45, 2.75) is 6.54 Å². The van der Waals surface area contributed by atoms with Crippen molar-refractivity contribution < 1.29 is 4.79 Å². The van der Waals surface area contributed by atoms with Crippen LogP contribution in [0.2, 0.25) is 5.02 Å². The molecule has 1 N–H and O–H groups in total. The number of pyridine rings is 1. The van der Waals surface area contributed by atoms with E-state index in [1.807, 2.05) is 59.1 Å². The average molecular weight is 377 g/mol. The fourth-order valence-electron chi connectivity index (χ4n) is 2.91. The quantitative estimate of drug-likeness (QED) is 0.530. The van der Waals surface area contributed by atoms with Gasteiger partial charge < -0.3 is 9.72 Å².